The number of ether oxygens (including phenoxy) is 1. The largest absolute Gasteiger partial charge is 0.401 e. The highest BCUT2D eigenvalue weighted by molar-refractivity contribution is 6.09. The van der Waals surface area contributed by atoms with Gasteiger partial charge in [-0.3, -0.25) is 19.3 Å². The summed E-state index contributed by atoms with van der Waals surface area (Å²) in [6.07, 6.45) is -4.60. The quantitative estimate of drug-likeness (QED) is 0.606. The molecule has 1 aliphatic rings. The van der Waals surface area contributed by atoms with Crippen LogP contribution in [0.25, 0.3) is 0 Å². The highest BCUT2D eigenvalue weighted by Gasteiger charge is 2.39. The molecule has 0 aliphatic carbocycles. The molecule has 1 heterocycles. The molecule has 0 unspecified atom stereocenters. The first kappa shape index (κ1) is 23.6. The van der Waals surface area contributed by atoms with Crippen LogP contribution in [0, 0.1) is 5.92 Å². The van der Waals surface area contributed by atoms with Gasteiger partial charge in [0, 0.05) is 24.5 Å². The van der Waals surface area contributed by atoms with Crippen molar-refractivity contribution in [2.45, 2.75) is 26.1 Å². The van der Waals surface area contributed by atoms with Gasteiger partial charge in [-0.25, -0.2) is 0 Å². The fourth-order valence-corrected chi connectivity index (χ4v) is 3.16. The van der Waals surface area contributed by atoms with Crippen molar-refractivity contribution >= 4 is 29.1 Å². The third kappa shape index (κ3) is 6.70. The molecule has 0 saturated carbocycles. The third-order valence-electron chi connectivity index (χ3n) is 4.30. The summed E-state index contributed by atoms with van der Waals surface area (Å²) in [6.45, 7) is 2.52. The molecule has 11 heteroatoms. The second-order valence-electron chi connectivity index (χ2n) is 7.38. The molecular weight excluding hydrogens is 405 g/mol. The van der Waals surface area contributed by atoms with E-state index in [1.807, 2.05) is 0 Å². The van der Waals surface area contributed by atoms with Crippen molar-refractivity contribution in [1.82, 2.24) is 4.90 Å². The number of hydrogen-bond acceptors (Lipinski definition) is 5. The fourth-order valence-electron chi connectivity index (χ4n) is 3.16. The van der Waals surface area contributed by atoms with Gasteiger partial charge in [0.05, 0.1) is 13.2 Å². The second-order valence-corrected chi connectivity index (χ2v) is 7.38. The Bertz CT molecular complexity index is 768. The van der Waals surface area contributed by atoms with Crippen LogP contribution in [0.15, 0.2) is 24.3 Å². The number of amides is 3. The van der Waals surface area contributed by atoms with Gasteiger partial charge in [-0.15, -0.1) is 0 Å². The average Bonchev–Trinajstić information content (AvgIpc) is 2.60. The van der Waals surface area contributed by atoms with Crippen molar-refractivity contribution in [2.75, 3.05) is 43.1 Å². The Kier molecular flexibility index (Phi) is 7.79. The number of halogens is 3. The van der Waals surface area contributed by atoms with E-state index in [1.54, 1.807) is 26.0 Å². The number of anilines is 2. The third-order valence-corrected chi connectivity index (χ3v) is 4.30. The van der Waals surface area contributed by atoms with Gasteiger partial charge < -0.3 is 20.7 Å². The van der Waals surface area contributed by atoms with Crippen LogP contribution in [0.2, 0.25) is 0 Å². The molecule has 166 valence electrons. The molecule has 1 atom stereocenters. The minimum atomic E-state index is -4.60. The topological polar surface area (TPSA) is 105 Å². The summed E-state index contributed by atoms with van der Waals surface area (Å²) in [6, 6.07) is 4.36. The Labute approximate surface area is 172 Å². The summed E-state index contributed by atoms with van der Waals surface area (Å²) < 4.78 is 43.9. The number of benzene rings is 1. The Balaban J connectivity index is 2.15. The molecule has 3 N–H and O–H groups in total. The molecular formula is C19H25F3N4O4. The maximum absolute atomic E-state index is 13.0. The lowest BCUT2D eigenvalue weighted by atomic mass is 10.1. The highest BCUT2D eigenvalue weighted by atomic mass is 19.4. The summed E-state index contributed by atoms with van der Waals surface area (Å²) >= 11 is 0. The lowest BCUT2D eigenvalue weighted by molar-refractivity contribution is -0.158. The smallest absolute Gasteiger partial charge is 0.370 e. The number of rotatable bonds is 8. The number of alkyl halides is 3. The van der Waals surface area contributed by atoms with Crippen LogP contribution in [0.5, 0.6) is 0 Å². The van der Waals surface area contributed by atoms with Gasteiger partial charge in [0.1, 0.15) is 6.61 Å². The van der Waals surface area contributed by atoms with Gasteiger partial charge >= 0.3 is 6.18 Å². The van der Waals surface area contributed by atoms with Crippen molar-refractivity contribution in [2.24, 2.45) is 11.7 Å². The number of carbonyl (C=O) groups excluding carboxylic acids is 3. The van der Waals surface area contributed by atoms with Gasteiger partial charge in [-0.1, -0.05) is 13.8 Å². The minimum Gasteiger partial charge on any atom is -0.370 e. The molecule has 8 nitrogen and oxygen atoms in total. The molecule has 1 saturated heterocycles. The summed E-state index contributed by atoms with van der Waals surface area (Å²) in [7, 11) is 0. The number of carbonyl (C=O) groups is 3. The standard InChI is InChI=1S/C19H25F3N4O4/c1-12(2)9-25(11-19(20,21)22)16(17(23)28)18(29)24-13-3-5-14(6-4-13)26-7-8-30-10-15(26)27/h3-6,12,16H,7-11H2,1-2H3,(H2,23,28)(H,24,29)/t16-/m0/s1. The summed E-state index contributed by atoms with van der Waals surface area (Å²) in [5, 5.41) is 2.43. The number of nitrogens with two attached hydrogens (primary N) is 1. The van der Waals surface area contributed by atoms with Crippen LogP contribution in [-0.4, -0.2) is 67.7 Å². The number of hydrogen-bond donors (Lipinski definition) is 2. The fraction of sp³-hybridized carbons (Fsp3) is 0.526. The van der Waals surface area contributed by atoms with E-state index in [2.05, 4.69) is 5.32 Å². The second kappa shape index (κ2) is 9.90. The van der Waals surface area contributed by atoms with E-state index in [9.17, 15) is 27.6 Å². The zero-order valence-corrected chi connectivity index (χ0v) is 16.7. The summed E-state index contributed by atoms with van der Waals surface area (Å²) in [4.78, 5) is 38.6. The highest BCUT2D eigenvalue weighted by Crippen LogP contribution is 2.22. The number of primary amides is 1. The van der Waals surface area contributed by atoms with Crippen LogP contribution < -0.4 is 16.0 Å². The molecule has 0 bridgehead atoms. The van der Waals surface area contributed by atoms with Crippen molar-refractivity contribution in [3.63, 3.8) is 0 Å². The van der Waals surface area contributed by atoms with Crippen molar-refractivity contribution in [3.05, 3.63) is 24.3 Å². The molecule has 1 aromatic carbocycles. The molecule has 0 spiro atoms. The van der Waals surface area contributed by atoms with E-state index in [0.29, 0.717) is 18.8 Å². The molecule has 1 aromatic rings. The predicted octanol–water partition coefficient (Wildman–Crippen LogP) is 1.36. The lowest BCUT2D eigenvalue weighted by Crippen LogP contribution is -2.55. The first-order valence-electron chi connectivity index (χ1n) is 9.37. The number of morpholine rings is 1. The van der Waals surface area contributed by atoms with Crippen molar-refractivity contribution < 1.29 is 32.3 Å². The predicted molar refractivity (Wildman–Crippen MR) is 104 cm³/mol. The summed E-state index contributed by atoms with van der Waals surface area (Å²) in [5.74, 6) is -2.56. The molecule has 2 rings (SSSR count). The van der Waals surface area contributed by atoms with Crippen LogP contribution in [0.4, 0.5) is 24.5 Å². The lowest BCUT2D eigenvalue weighted by Gasteiger charge is -2.30. The van der Waals surface area contributed by atoms with Gasteiger partial charge in [-0.2, -0.15) is 13.2 Å². The molecule has 1 aliphatic heterocycles. The molecule has 30 heavy (non-hydrogen) atoms. The first-order valence-corrected chi connectivity index (χ1v) is 9.37. The monoisotopic (exact) mass is 430 g/mol. The van der Waals surface area contributed by atoms with E-state index in [0.717, 1.165) is 4.90 Å². The van der Waals surface area contributed by atoms with E-state index in [4.69, 9.17) is 10.5 Å². The SMILES string of the molecule is CC(C)CN(CC(F)(F)F)[C@@H](C(N)=O)C(=O)Nc1ccc(N2CCOCC2=O)cc1. The summed E-state index contributed by atoms with van der Waals surface area (Å²) in [5.41, 5.74) is 6.10. The maximum Gasteiger partial charge on any atom is 0.401 e. The number of nitrogens with zero attached hydrogens (tertiary/aromatic N) is 2. The van der Waals surface area contributed by atoms with Gasteiger partial charge in [0.15, 0.2) is 6.04 Å². The van der Waals surface area contributed by atoms with Gasteiger partial charge in [0.25, 0.3) is 11.8 Å². The Morgan fingerprint density at radius 3 is 2.40 bits per heavy atom. The maximum atomic E-state index is 13.0. The molecule has 1 fully saturated rings. The van der Waals surface area contributed by atoms with Gasteiger partial charge in [-0.05, 0) is 30.2 Å². The zero-order chi connectivity index (χ0) is 22.5. The van der Waals surface area contributed by atoms with Crippen molar-refractivity contribution in [1.29, 1.82) is 0 Å². The Morgan fingerprint density at radius 1 is 1.27 bits per heavy atom. The zero-order valence-electron chi connectivity index (χ0n) is 16.7. The number of nitrogens with one attached hydrogen (secondary N) is 1. The molecule has 0 radical (unpaired) electrons. The van der Waals surface area contributed by atoms with E-state index in [1.165, 1.54) is 17.0 Å². The molecule has 0 aromatic heterocycles. The van der Waals surface area contributed by atoms with E-state index >= 15 is 0 Å². The van der Waals surface area contributed by atoms with Crippen LogP contribution in [0.3, 0.4) is 0 Å². The van der Waals surface area contributed by atoms with Crippen LogP contribution >= 0.6 is 0 Å². The minimum absolute atomic E-state index is 0.0241. The van der Waals surface area contributed by atoms with Crippen LogP contribution in [-0.2, 0) is 19.1 Å². The average molecular weight is 430 g/mol. The first-order chi connectivity index (χ1) is 14.0. The van der Waals surface area contributed by atoms with Gasteiger partial charge in [0.2, 0.25) is 5.91 Å². The van der Waals surface area contributed by atoms with Crippen LogP contribution in [0.1, 0.15) is 13.8 Å². The molecule has 3 amide bonds. The Hall–Kier alpha value is -2.66. The van der Waals surface area contributed by atoms with E-state index in [-0.39, 0.29) is 30.7 Å². The van der Waals surface area contributed by atoms with Crippen molar-refractivity contribution in [3.8, 4) is 0 Å². The normalized spacial score (nSPS) is 16.1. The Morgan fingerprint density at radius 2 is 1.90 bits per heavy atom. The van der Waals surface area contributed by atoms with E-state index < -0.39 is 30.6 Å².